The van der Waals surface area contributed by atoms with Crippen molar-refractivity contribution in [3.8, 4) is 11.4 Å². The van der Waals surface area contributed by atoms with E-state index in [0.717, 1.165) is 24.1 Å². The van der Waals surface area contributed by atoms with Gasteiger partial charge in [-0.15, -0.1) is 5.10 Å². The molecule has 1 aliphatic rings. The summed E-state index contributed by atoms with van der Waals surface area (Å²) in [7, 11) is 1.62. The Labute approximate surface area is 158 Å². The summed E-state index contributed by atoms with van der Waals surface area (Å²) >= 11 is 1.36. The third kappa shape index (κ3) is 3.85. The van der Waals surface area contributed by atoms with Crippen LogP contribution in [0.3, 0.4) is 0 Å². The molecule has 140 valence electrons. The average molecular weight is 375 g/mol. The number of aromatic nitrogens is 4. The summed E-state index contributed by atoms with van der Waals surface area (Å²) < 4.78 is 7.06. The predicted molar refractivity (Wildman–Crippen MR) is 101 cm³/mol. The quantitative estimate of drug-likeness (QED) is 0.748. The van der Waals surface area contributed by atoms with Crippen LogP contribution >= 0.6 is 11.8 Å². The van der Waals surface area contributed by atoms with Gasteiger partial charge in [0.2, 0.25) is 11.1 Å². The zero-order valence-corrected chi connectivity index (χ0v) is 16.5. The lowest BCUT2D eigenvalue weighted by Gasteiger charge is -2.39. The third-order valence-corrected chi connectivity index (χ3v) is 5.71. The number of ether oxygens (including phenoxy) is 1. The van der Waals surface area contributed by atoms with Gasteiger partial charge >= 0.3 is 0 Å². The number of carbonyl (C=O) groups excluding carboxylic acids is 1. The molecule has 0 bridgehead atoms. The number of aryl methyl sites for hydroxylation is 1. The van der Waals surface area contributed by atoms with Crippen LogP contribution in [-0.2, 0) is 4.79 Å². The predicted octanol–water partition coefficient (Wildman–Crippen LogP) is 2.86. The second-order valence-electron chi connectivity index (χ2n) is 6.77. The maximum absolute atomic E-state index is 12.7. The molecule has 2 aromatic rings. The summed E-state index contributed by atoms with van der Waals surface area (Å²) in [6.07, 6.45) is 3.32. The molecule has 7 nitrogen and oxygen atoms in total. The fourth-order valence-electron chi connectivity index (χ4n) is 3.50. The first-order valence-corrected chi connectivity index (χ1v) is 9.87. The van der Waals surface area contributed by atoms with Gasteiger partial charge < -0.3 is 9.64 Å². The minimum Gasteiger partial charge on any atom is -0.494 e. The fraction of sp³-hybridized carbons (Fsp3) is 0.556. The van der Waals surface area contributed by atoms with E-state index in [2.05, 4.69) is 29.4 Å². The van der Waals surface area contributed by atoms with E-state index >= 15 is 0 Å². The summed E-state index contributed by atoms with van der Waals surface area (Å²) in [5.74, 6) is 1.15. The molecule has 0 radical (unpaired) electrons. The minimum absolute atomic E-state index is 0.139. The highest BCUT2D eigenvalue weighted by molar-refractivity contribution is 7.99. The fourth-order valence-corrected chi connectivity index (χ4v) is 4.25. The van der Waals surface area contributed by atoms with Crippen molar-refractivity contribution in [2.75, 3.05) is 12.9 Å². The standard InChI is InChI=1S/C18H25N5O2S/c1-12-8-9-16(25-4)15(10-12)23-18(19-20-21-23)26-11-17(24)22-13(2)6-5-7-14(22)3/h8-10,13-14H,5-7,11H2,1-4H3/t13-,14-/m1/s1. The Balaban J connectivity index is 1.76. The number of amides is 1. The molecule has 26 heavy (non-hydrogen) atoms. The molecule has 0 N–H and O–H groups in total. The normalized spacial score (nSPS) is 20.2. The van der Waals surface area contributed by atoms with Gasteiger partial charge in [-0.1, -0.05) is 17.8 Å². The van der Waals surface area contributed by atoms with Crippen LogP contribution in [0, 0.1) is 6.92 Å². The van der Waals surface area contributed by atoms with E-state index in [4.69, 9.17) is 4.74 Å². The molecule has 2 atom stereocenters. The van der Waals surface area contributed by atoms with Crippen LogP contribution in [-0.4, -0.2) is 56.0 Å². The molecular weight excluding hydrogens is 350 g/mol. The summed E-state index contributed by atoms with van der Waals surface area (Å²) in [5.41, 5.74) is 1.85. The van der Waals surface area contributed by atoms with Crippen LogP contribution in [0.1, 0.15) is 38.7 Å². The van der Waals surface area contributed by atoms with Gasteiger partial charge in [0.15, 0.2) is 0 Å². The lowest BCUT2D eigenvalue weighted by Crippen LogP contribution is -2.48. The average Bonchev–Trinajstić information content (AvgIpc) is 3.08. The Bertz CT molecular complexity index is 769. The first-order chi connectivity index (χ1) is 12.5. The Morgan fingerprint density at radius 3 is 2.73 bits per heavy atom. The van der Waals surface area contributed by atoms with Gasteiger partial charge in [-0.2, -0.15) is 4.68 Å². The number of methoxy groups -OCH3 is 1. The van der Waals surface area contributed by atoms with Crippen molar-refractivity contribution in [3.05, 3.63) is 23.8 Å². The van der Waals surface area contributed by atoms with Crippen LogP contribution in [0.4, 0.5) is 0 Å². The minimum atomic E-state index is 0.139. The van der Waals surface area contributed by atoms with Crippen LogP contribution in [0.15, 0.2) is 23.4 Å². The number of benzene rings is 1. The number of tetrazole rings is 1. The number of piperidine rings is 1. The zero-order chi connectivity index (χ0) is 18.7. The van der Waals surface area contributed by atoms with Crippen LogP contribution in [0.5, 0.6) is 5.75 Å². The molecule has 1 amide bonds. The van der Waals surface area contributed by atoms with Crippen molar-refractivity contribution in [3.63, 3.8) is 0 Å². The molecule has 1 fully saturated rings. The maximum Gasteiger partial charge on any atom is 0.233 e. The van der Waals surface area contributed by atoms with E-state index < -0.39 is 0 Å². The molecule has 1 aromatic carbocycles. The summed E-state index contributed by atoms with van der Waals surface area (Å²) in [6, 6.07) is 6.42. The van der Waals surface area contributed by atoms with E-state index in [9.17, 15) is 4.79 Å². The van der Waals surface area contributed by atoms with E-state index in [0.29, 0.717) is 28.7 Å². The molecule has 8 heteroatoms. The first kappa shape index (κ1) is 18.7. The zero-order valence-electron chi connectivity index (χ0n) is 15.7. The molecule has 1 aromatic heterocycles. The van der Waals surface area contributed by atoms with Gasteiger partial charge in [0.1, 0.15) is 11.4 Å². The van der Waals surface area contributed by atoms with Gasteiger partial charge in [0, 0.05) is 12.1 Å². The third-order valence-electron chi connectivity index (χ3n) is 4.81. The molecular formula is C18H25N5O2S. The Morgan fingerprint density at radius 1 is 1.31 bits per heavy atom. The van der Waals surface area contributed by atoms with Crippen LogP contribution in [0.2, 0.25) is 0 Å². The molecule has 1 aliphatic heterocycles. The van der Waals surface area contributed by atoms with E-state index in [1.807, 2.05) is 30.0 Å². The number of nitrogens with zero attached hydrogens (tertiary/aromatic N) is 5. The Hall–Kier alpha value is -2.09. The molecule has 0 saturated carbocycles. The maximum atomic E-state index is 12.7. The Morgan fingerprint density at radius 2 is 2.04 bits per heavy atom. The van der Waals surface area contributed by atoms with Gasteiger partial charge in [-0.25, -0.2) is 0 Å². The highest BCUT2D eigenvalue weighted by Crippen LogP contribution is 2.28. The smallest absolute Gasteiger partial charge is 0.233 e. The van der Waals surface area contributed by atoms with Crippen molar-refractivity contribution in [2.24, 2.45) is 0 Å². The summed E-state index contributed by atoms with van der Waals surface area (Å²) in [5, 5.41) is 12.5. The first-order valence-electron chi connectivity index (χ1n) is 8.88. The van der Waals surface area contributed by atoms with Crippen molar-refractivity contribution in [2.45, 2.75) is 57.3 Å². The van der Waals surface area contributed by atoms with Gasteiger partial charge in [-0.05, 0) is 68.2 Å². The summed E-state index contributed by atoms with van der Waals surface area (Å²) in [6.45, 7) is 6.25. The van der Waals surface area contributed by atoms with Gasteiger partial charge in [-0.3, -0.25) is 4.79 Å². The number of hydrogen-bond acceptors (Lipinski definition) is 6. The highest BCUT2D eigenvalue weighted by atomic mass is 32.2. The number of carbonyl (C=O) groups is 1. The monoisotopic (exact) mass is 375 g/mol. The number of rotatable bonds is 5. The second kappa shape index (κ2) is 8.07. The van der Waals surface area contributed by atoms with Crippen molar-refractivity contribution >= 4 is 17.7 Å². The molecule has 0 aliphatic carbocycles. The molecule has 0 unspecified atom stereocenters. The van der Waals surface area contributed by atoms with Crippen molar-refractivity contribution < 1.29 is 9.53 Å². The van der Waals surface area contributed by atoms with Crippen molar-refractivity contribution in [1.29, 1.82) is 0 Å². The largest absolute Gasteiger partial charge is 0.494 e. The van der Waals surface area contributed by atoms with Crippen molar-refractivity contribution in [1.82, 2.24) is 25.1 Å². The van der Waals surface area contributed by atoms with E-state index in [1.54, 1.807) is 11.8 Å². The van der Waals surface area contributed by atoms with E-state index in [1.165, 1.54) is 18.2 Å². The molecule has 0 spiro atoms. The molecule has 1 saturated heterocycles. The lowest BCUT2D eigenvalue weighted by atomic mass is 9.98. The lowest BCUT2D eigenvalue weighted by molar-refractivity contribution is -0.134. The van der Waals surface area contributed by atoms with Gasteiger partial charge in [0.05, 0.1) is 12.9 Å². The number of likely N-dealkylation sites (tertiary alicyclic amines) is 1. The molecule has 3 rings (SSSR count). The van der Waals surface area contributed by atoms with Gasteiger partial charge in [0.25, 0.3) is 0 Å². The van der Waals surface area contributed by atoms with Crippen LogP contribution < -0.4 is 4.74 Å². The topological polar surface area (TPSA) is 73.1 Å². The summed E-state index contributed by atoms with van der Waals surface area (Å²) in [4.78, 5) is 14.8. The highest BCUT2D eigenvalue weighted by Gasteiger charge is 2.29. The number of hydrogen-bond donors (Lipinski definition) is 0. The molecule has 2 heterocycles. The SMILES string of the molecule is COc1ccc(C)cc1-n1nnnc1SCC(=O)N1[C@H](C)CCC[C@H]1C. The second-order valence-corrected chi connectivity index (χ2v) is 7.71. The van der Waals surface area contributed by atoms with E-state index in [-0.39, 0.29) is 5.91 Å². The van der Waals surface area contributed by atoms with Crippen LogP contribution in [0.25, 0.3) is 5.69 Å². The number of thioether (sulfide) groups is 1. The Kier molecular flexibility index (Phi) is 5.80.